The molecule has 1 heterocycles. The zero-order chi connectivity index (χ0) is 20.3. The van der Waals surface area contributed by atoms with Gasteiger partial charge in [0, 0.05) is 18.9 Å². The lowest BCUT2D eigenvalue weighted by molar-refractivity contribution is -0.266. The summed E-state index contributed by atoms with van der Waals surface area (Å²) in [6.45, 7) is 5.45. The third-order valence-electron chi connectivity index (χ3n) is 4.33. The van der Waals surface area contributed by atoms with Crippen molar-refractivity contribution in [3.63, 3.8) is 0 Å². The highest BCUT2D eigenvalue weighted by Crippen LogP contribution is 2.43. The molecule has 0 aliphatic heterocycles. The molecule has 2 rings (SSSR count). The number of ether oxygens (including phenoxy) is 1. The minimum absolute atomic E-state index is 0.286. The predicted octanol–water partition coefficient (Wildman–Crippen LogP) is 4.39. The third kappa shape index (κ3) is 4.13. The summed E-state index contributed by atoms with van der Waals surface area (Å²) < 4.78 is 47.0. The van der Waals surface area contributed by atoms with Gasteiger partial charge in [0.05, 0.1) is 11.7 Å². The summed E-state index contributed by atoms with van der Waals surface area (Å²) in [5.41, 5.74) is -3.51. The number of nitrogens with one attached hydrogen (secondary N) is 1. The number of aromatic nitrogens is 1. The number of carbonyl (C=O) groups is 1. The van der Waals surface area contributed by atoms with Crippen LogP contribution in [0.1, 0.15) is 38.1 Å². The maximum atomic E-state index is 14.1. The molecular formula is C20H23F3N2O2. The molecule has 146 valence electrons. The molecule has 0 bridgehead atoms. The van der Waals surface area contributed by atoms with Crippen molar-refractivity contribution in [2.75, 3.05) is 7.11 Å². The van der Waals surface area contributed by atoms with Crippen molar-refractivity contribution in [2.24, 2.45) is 5.41 Å². The summed E-state index contributed by atoms with van der Waals surface area (Å²) in [4.78, 5) is 17.2. The van der Waals surface area contributed by atoms with Crippen molar-refractivity contribution in [1.82, 2.24) is 10.3 Å². The Labute approximate surface area is 156 Å². The highest BCUT2D eigenvalue weighted by molar-refractivity contribution is 5.88. The van der Waals surface area contributed by atoms with E-state index in [1.165, 1.54) is 30.5 Å². The van der Waals surface area contributed by atoms with E-state index < -0.39 is 29.1 Å². The number of benzene rings is 1. The Kier molecular flexibility index (Phi) is 5.94. The fourth-order valence-corrected chi connectivity index (χ4v) is 2.94. The molecule has 4 nitrogen and oxygen atoms in total. The van der Waals surface area contributed by atoms with E-state index >= 15 is 0 Å². The van der Waals surface area contributed by atoms with E-state index in [9.17, 15) is 18.0 Å². The Balaban J connectivity index is 2.52. The van der Waals surface area contributed by atoms with Crippen molar-refractivity contribution in [1.29, 1.82) is 0 Å². The highest BCUT2D eigenvalue weighted by atomic mass is 19.4. The second-order valence-electron chi connectivity index (χ2n) is 7.28. The Bertz CT molecular complexity index is 758. The Hall–Kier alpha value is -2.41. The molecule has 1 aromatic heterocycles. The monoisotopic (exact) mass is 380 g/mol. The van der Waals surface area contributed by atoms with Crippen molar-refractivity contribution >= 4 is 5.91 Å². The van der Waals surface area contributed by atoms with Crippen molar-refractivity contribution in [3.8, 4) is 0 Å². The van der Waals surface area contributed by atoms with E-state index in [0.717, 1.165) is 7.11 Å². The number of pyridine rings is 1. The predicted molar refractivity (Wildman–Crippen MR) is 95.8 cm³/mol. The summed E-state index contributed by atoms with van der Waals surface area (Å²) in [7, 11) is 0.882. The van der Waals surface area contributed by atoms with Gasteiger partial charge in [0.1, 0.15) is 0 Å². The number of carbonyl (C=O) groups excluding carboxylic acids is 1. The molecule has 0 aliphatic rings. The van der Waals surface area contributed by atoms with E-state index in [4.69, 9.17) is 4.74 Å². The maximum absolute atomic E-state index is 14.1. The fraction of sp³-hybridized carbons (Fsp3) is 0.400. The molecule has 0 fully saturated rings. The molecule has 2 atom stereocenters. The molecule has 2 aromatic rings. The topological polar surface area (TPSA) is 51.2 Å². The fourth-order valence-electron chi connectivity index (χ4n) is 2.94. The van der Waals surface area contributed by atoms with Crippen molar-refractivity contribution in [2.45, 2.75) is 38.6 Å². The van der Waals surface area contributed by atoms with Crippen LogP contribution in [0, 0.1) is 5.41 Å². The largest absolute Gasteiger partial charge is 0.430 e. The van der Waals surface area contributed by atoms with E-state index in [-0.39, 0.29) is 5.56 Å². The van der Waals surface area contributed by atoms with E-state index in [1.54, 1.807) is 24.3 Å². The number of methoxy groups -OCH3 is 1. The van der Waals surface area contributed by atoms with Gasteiger partial charge in [-0.05, 0) is 17.5 Å². The van der Waals surface area contributed by atoms with Crippen LogP contribution in [0.4, 0.5) is 13.2 Å². The first kappa shape index (κ1) is 20.9. The third-order valence-corrected chi connectivity index (χ3v) is 4.33. The average Bonchev–Trinajstić information content (AvgIpc) is 2.60. The first-order valence-electron chi connectivity index (χ1n) is 8.43. The lowest BCUT2D eigenvalue weighted by Gasteiger charge is -2.37. The standard InChI is InChI=1S/C20H23F3N2O2/c1-18(2,3)16(15-12-8-9-13-24-15)25-17(26)19(27-4,20(21,22)23)14-10-6-5-7-11-14/h5-13,16H,1-4H3,(H,25,26)/t16-,19-/m1/s1. The van der Waals surface area contributed by atoms with Crippen LogP contribution in [0.15, 0.2) is 54.7 Å². The summed E-state index contributed by atoms with van der Waals surface area (Å²) in [5, 5.41) is 2.52. The second kappa shape index (κ2) is 7.68. The zero-order valence-corrected chi connectivity index (χ0v) is 15.7. The minimum Gasteiger partial charge on any atom is -0.356 e. The number of nitrogens with zero attached hydrogens (tertiary/aromatic N) is 1. The first-order valence-corrected chi connectivity index (χ1v) is 8.43. The minimum atomic E-state index is -4.96. The normalized spacial score (nSPS) is 15.7. The van der Waals surface area contributed by atoms with Crippen molar-refractivity contribution < 1.29 is 22.7 Å². The van der Waals surface area contributed by atoms with Gasteiger partial charge >= 0.3 is 6.18 Å². The molecule has 1 amide bonds. The summed E-state index contributed by atoms with van der Waals surface area (Å²) in [5.74, 6) is -1.28. The number of halogens is 3. The van der Waals surface area contributed by atoms with Crippen LogP contribution in [0.5, 0.6) is 0 Å². The quantitative estimate of drug-likeness (QED) is 0.837. The molecule has 7 heteroatoms. The average molecular weight is 380 g/mol. The van der Waals surface area contributed by atoms with Gasteiger partial charge in [-0.3, -0.25) is 9.78 Å². The van der Waals surface area contributed by atoms with Gasteiger partial charge in [-0.15, -0.1) is 0 Å². The number of rotatable bonds is 5. The first-order chi connectivity index (χ1) is 12.5. The van der Waals surface area contributed by atoms with Gasteiger partial charge in [0.2, 0.25) is 0 Å². The number of amides is 1. The molecule has 1 aromatic carbocycles. The van der Waals surface area contributed by atoms with Crippen LogP contribution >= 0.6 is 0 Å². The van der Waals surface area contributed by atoms with E-state index in [0.29, 0.717) is 5.69 Å². The van der Waals surface area contributed by atoms with Gasteiger partial charge < -0.3 is 10.1 Å². The molecule has 0 unspecified atom stereocenters. The Morgan fingerprint density at radius 2 is 1.63 bits per heavy atom. The summed E-state index contributed by atoms with van der Waals surface area (Å²) in [6, 6.07) is 11.2. The molecule has 0 aliphatic carbocycles. The number of hydrogen-bond donors (Lipinski definition) is 1. The molecule has 0 spiro atoms. The maximum Gasteiger partial charge on any atom is 0.430 e. The van der Waals surface area contributed by atoms with Gasteiger partial charge in [0.15, 0.2) is 0 Å². The SMILES string of the molecule is CO[C@@](C(=O)N[C@H](c1ccccn1)C(C)(C)C)(c1ccccc1)C(F)(F)F. The molecule has 27 heavy (non-hydrogen) atoms. The Morgan fingerprint density at radius 1 is 1.04 bits per heavy atom. The smallest absolute Gasteiger partial charge is 0.356 e. The zero-order valence-electron chi connectivity index (χ0n) is 15.7. The van der Waals surface area contributed by atoms with E-state index in [2.05, 4.69) is 10.3 Å². The summed E-state index contributed by atoms with van der Waals surface area (Å²) >= 11 is 0. The van der Waals surface area contributed by atoms with Crippen LogP contribution in [0.25, 0.3) is 0 Å². The van der Waals surface area contributed by atoms with Crippen LogP contribution in [0.2, 0.25) is 0 Å². The van der Waals surface area contributed by atoms with Crippen LogP contribution in [-0.2, 0) is 15.1 Å². The van der Waals surface area contributed by atoms with Gasteiger partial charge in [0.25, 0.3) is 11.5 Å². The second-order valence-corrected chi connectivity index (χ2v) is 7.28. The van der Waals surface area contributed by atoms with Gasteiger partial charge in [-0.1, -0.05) is 57.2 Å². The van der Waals surface area contributed by atoms with Gasteiger partial charge in [-0.2, -0.15) is 13.2 Å². The summed E-state index contributed by atoms with van der Waals surface area (Å²) in [6.07, 6.45) is -3.43. The van der Waals surface area contributed by atoms with Crippen LogP contribution in [0.3, 0.4) is 0 Å². The number of alkyl halides is 3. The van der Waals surface area contributed by atoms with E-state index in [1.807, 2.05) is 20.8 Å². The molecule has 0 saturated carbocycles. The number of hydrogen-bond acceptors (Lipinski definition) is 3. The van der Waals surface area contributed by atoms with Gasteiger partial charge in [-0.25, -0.2) is 0 Å². The van der Waals surface area contributed by atoms with Crippen molar-refractivity contribution in [3.05, 3.63) is 66.0 Å². The van der Waals surface area contributed by atoms with Crippen LogP contribution in [-0.4, -0.2) is 24.2 Å². The lowest BCUT2D eigenvalue weighted by atomic mass is 9.83. The highest BCUT2D eigenvalue weighted by Gasteiger charge is 2.63. The molecule has 1 N–H and O–H groups in total. The Morgan fingerprint density at radius 3 is 2.07 bits per heavy atom. The molecule has 0 saturated heterocycles. The molecular weight excluding hydrogens is 357 g/mol. The molecule has 0 radical (unpaired) electrons. The van der Waals surface area contributed by atoms with Crippen LogP contribution < -0.4 is 5.32 Å². The lowest BCUT2D eigenvalue weighted by Crippen LogP contribution is -2.57.